The first kappa shape index (κ1) is 9.86. The molecule has 0 aliphatic heterocycles. The lowest BCUT2D eigenvalue weighted by atomic mass is 9.69. The summed E-state index contributed by atoms with van der Waals surface area (Å²) in [6, 6.07) is 7.40. The van der Waals surface area contributed by atoms with E-state index in [-0.39, 0.29) is 0 Å². The molecule has 2 aliphatic carbocycles. The van der Waals surface area contributed by atoms with Crippen molar-refractivity contribution in [3.63, 3.8) is 0 Å². The van der Waals surface area contributed by atoms with Crippen LogP contribution < -0.4 is 0 Å². The van der Waals surface area contributed by atoms with Crippen LogP contribution in [0.1, 0.15) is 17.0 Å². The highest BCUT2D eigenvalue weighted by Crippen LogP contribution is 2.70. The Bertz CT molecular complexity index is 428. The summed E-state index contributed by atoms with van der Waals surface area (Å²) in [5, 5.41) is 0. The average Bonchev–Trinajstić information content (AvgIpc) is 2.55. The molecule has 80 valence electrons. The van der Waals surface area contributed by atoms with Crippen molar-refractivity contribution in [2.24, 2.45) is 5.92 Å². The van der Waals surface area contributed by atoms with Gasteiger partial charge in [-0.2, -0.15) is 0 Å². The highest BCUT2D eigenvalue weighted by Gasteiger charge is 2.76. The highest BCUT2D eigenvalue weighted by atomic mass is 35.5. The molecule has 0 bridgehead atoms. The monoisotopic (exact) mass is 248 g/mol. The van der Waals surface area contributed by atoms with Crippen LogP contribution in [0.2, 0.25) is 0 Å². The number of benzene rings is 1. The van der Waals surface area contributed by atoms with Gasteiger partial charge in [0.15, 0.2) is 4.33 Å². The molecule has 2 atom stereocenters. The maximum absolute atomic E-state index is 13.6. The second kappa shape index (κ2) is 2.67. The van der Waals surface area contributed by atoms with Crippen LogP contribution in [0.3, 0.4) is 0 Å². The van der Waals surface area contributed by atoms with Gasteiger partial charge < -0.3 is 0 Å². The van der Waals surface area contributed by atoms with E-state index in [0.717, 1.165) is 11.1 Å². The Morgan fingerprint density at radius 1 is 1.20 bits per heavy atom. The number of alkyl halides is 4. The highest BCUT2D eigenvalue weighted by molar-refractivity contribution is 6.50. The van der Waals surface area contributed by atoms with Gasteiger partial charge in [-0.3, -0.25) is 0 Å². The summed E-state index contributed by atoms with van der Waals surface area (Å²) >= 11 is 11.5. The molecule has 0 heterocycles. The zero-order chi connectivity index (χ0) is 10.8. The lowest BCUT2D eigenvalue weighted by molar-refractivity contribution is -0.151. The third-order valence-corrected chi connectivity index (χ3v) is 4.51. The molecule has 0 radical (unpaired) electrons. The molecular formula is C11H8Cl2F2. The molecule has 0 amide bonds. The van der Waals surface area contributed by atoms with Gasteiger partial charge >= 0.3 is 0 Å². The summed E-state index contributed by atoms with van der Waals surface area (Å²) in [6.07, 6.45) is 0.384. The molecule has 3 rings (SSSR count). The molecule has 0 spiro atoms. The summed E-state index contributed by atoms with van der Waals surface area (Å²) in [7, 11) is 0. The van der Waals surface area contributed by atoms with Gasteiger partial charge in [-0.25, -0.2) is 8.78 Å². The number of hydrogen-bond acceptors (Lipinski definition) is 0. The maximum atomic E-state index is 13.6. The zero-order valence-electron chi connectivity index (χ0n) is 7.68. The number of halogens is 4. The molecule has 1 aromatic rings. The minimum atomic E-state index is -2.97. The molecule has 0 saturated heterocycles. The van der Waals surface area contributed by atoms with Gasteiger partial charge in [0, 0.05) is 11.8 Å². The summed E-state index contributed by atoms with van der Waals surface area (Å²) in [5.74, 6) is -4.10. The van der Waals surface area contributed by atoms with E-state index in [1.165, 1.54) is 0 Å². The summed E-state index contributed by atoms with van der Waals surface area (Å²) in [4.78, 5) is 0. The Morgan fingerprint density at radius 3 is 2.60 bits per heavy atom. The molecule has 0 unspecified atom stereocenters. The molecule has 1 aromatic carbocycles. The largest absolute Gasteiger partial charge is 0.284 e. The fraction of sp³-hybridized carbons (Fsp3) is 0.455. The number of hydrogen-bond donors (Lipinski definition) is 0. The minimum absolute atomic E-state index is 0.384. The van der Waals surface area contributed by atoms with Crippen molar-refractivity contribution in [2.75, 3.05) is 0 Å². The van der Waals surface area contributed by atoms with Crippen molar-refractivity contribution >= 4 is 23.2 Å². The van der Waals surface area contributed by atoms with E-state index in [1.54, 1.807) is 0 Å². The predicted molar refractivity (Wildman–Crippen MR) is 55.8 cm³/mol. The van der Waals surface area contributed by atoms with Crippen LogP contribution >= 0.6 is 23.2 Å². The van der Waals surface area contributed by atoms with Gasteiger partial charge in [-0.05, 0) is 17.5 Å². The Hall–Kier alpha value is -0.340. The average molecular weight is 249 g/mol. The smallest absolute Gasteiger partial charge is 0.203 e. The molecule has 1 saturated carbocycles. The fourth-order valence-electron chi connectivity index (χ4n) is 2.74. The van der Waals surface area contributed by atoms with Crippen LogP contribution in [-0.2, 0) is 6.42 Å². The maximum Gasteiger partial charge on any atom is 0.284 e. The lowest BCUT2D eigenvalue weighted by Gasteiger charge is -2.51. The normalized spacial score (nSPS) is 34.1. The summed E-state index contributed by atoms with van der Waals surface area (Å²) in [6.45, 7) is 0. The van der Waals surface area contributed by atoms with Crippen molar-refractivity contribution < 1.29 is 8.78 Å². The third-order valence-electron chi connectivity index (χ3n) is 3.53. The van der Waals surface area contributed by atoms with Crippen LogP contribution in [-0.4, -0.2) is 10.3 Å². The van der Waals surface area contributed by atoms with Gasteiger partial charge in [-0.1, -0.05) is 47.5 Å². The van der Waals surface area contributed by atoms with Crippen LogP contribution in [0, 0.1) is 5.92 Å². The predicted octanol–water partition coefficient (Wildman–Crippen LogP) is 3.77. The van der Waals surface area contributed by atoms with Crippen molar-refractivity contribution in [2.45, 2.75) is 22.6 Å². The van der Waals surface area contributed by atoms with Gasteiger partial charge in [0.25, 0.3) is 5.92 Å². The Balaban J connectivity index is 2.11. The first-order valence-electron chi connectivity index (χ1n) is 4.79. The van der Waals surface area contributed by atoms with Crippen LogP contribution in [0.15, 0.2) is 24.3 Å². The van der Waals surface area contributed by atoms with Gasteiger partial charge in [0.1, 0.15) is 0 Å². The van der Waals surface area contributed by atoms with E-state index in [1.807, 2.05) is 24.3 Å². The first-order chi connectivity index (χ1) is 6.96. The second-order valence-corrected chi connectivity index (χ2v) is 5.62. The van der Waals surface area contributed by atoms with Crippen LogP contribution in [0.25, 0.3) is 0 Å². The van der Waals surface area contributed by atoms with E-state index in [4.69, 9.17) is 23.2 Å². The van der Waals surface area contributed by atoms with Crippen molar-refractivity contribution in [1.29, 1.82) is 0 Å². The quantitative estimate of drug-likeness (QED) is 0.614. The summed E-state index contributed by atoms with van der Waals surface area (Å²) < 4.78 is 25.2. The third kappa shape index (κ3) is 0.974. The standard InChI is InChI=1S/C11H8Cl2F2/c12-10(13)9-7-4-2-1-3-6(7)5-8(9)11(10,14)15/h1-4,8-9H,5H2/t8-,9+/m0/s1. The SMILES string of the molecule is FC1(F)[C@H]2Cc3ccccc3[C@H]2C1(Cl)Cl. The Morgan fingerprint density at radius 2 is 1.87 bits per heavy atom. The van der Waals surface area contributed by atoms with Crippen molar-refractivity contribution in [3.05, 3.63) is 35.4 Å². The molecule has 15 heavy (non-hydrogen) atoms. The van der Waals surface area contributed by atoms with Crippen LogP contribution in [0.4, 0.5) is 8.78 Å². The second-order valence-electron chi connectivity index (χ2n) is 4.23. The van der Waals surface area contributed by atoms with E-state index < -0.39 is 22.1 Å². The molecule has 0 aromatic heterocycles. The molecule has 2 aliphatic rings. The van der Waals surface area contributed by atoms with E-state index in [2.05, 4.69) is 0 Å². The molecule has 1 fully saturated rings. The van der Waals surface area contributed by atoms with Crippen LogP contribution in [0.5, 0.6) is 0 Å². The Kier molecular flexibility index (Phi) is 1.75. The molecule has 4 heteroatoms. The Labute approximate surface area is 96.2 Å². The van der Waals surface area contributed by atoms with Gasteiger partial charge in [0.2, 0.25) is 0 Å². The number of rotatable bonds is 0. The first-order valence-corrected chi connectivity index (χ1v) is 5.55. The zero-order valence-corrected chi connectivity index (χ0v) is 9.19. The fourth-order valence-corrected chi connectivity index (χ4v) is 3.56. The van der Waals surface area contributed by atoms with Crippen molar-refractivity contribution in [1.82, 2.24) is 0 Å². The molecular weight excluding hydrogens is 241 g/mol. The summed E-state index contributed by atoms with van der Waals surface area (Å²) in [5.41, 5.74) is 1.84. The van der Waals surface area contributed by atoms with E-state index >= 15 is 0 Å². The number of fused-ring (bicyclic) bond motifs is 3. The molecule has 0 N–H and O–H groups in total. The topological polar surface area (TPSA) is 0 Å². The van der Waals surface area contributed by atoms with Crippen molar-refractivity contribution in [3.8, 4) is 0 Å². The van der Waals surface area contributed by atoms with E-state index in [0.29, 0.717) is 6.42 Å². The van der Waals surface area contributed by atoms with Gasteiger partial charge in [-0.15, -0.1) is 0 Å². The van der Waals surface area contributed by atoms with E-state index in [9.17, 15) is 8.78 Å². The lowest BCUT2D eigenvalue weighted by Crippen LogP contribution is -2.62. The molecule has 0 nitrogen and oxygen atoms in total. The minimum Gasteiger partial charge on any atom is -0.203 e. The van der Waals surface area contributed by atoms with Gasteiger partial charge in [0.05, 0.1) is 0 Å².